The minimum atomic E-state index is -0.541. The van der Waals surface area contributed by atoms with Gasteiger partial charge in [-0.2, -0.15) is 0 Å². The van der Waals surface area contributed by atoms with Crippen LogP contribution in [-0.2, 0) is 9.53 Å². The zero-order chi connectivity index (χ0) is 11.2. The molecule has 0 saturated heterocycles. The van der Waals surface area contributed by atoms with Crippen LogP contribution in [0.5, 0.6) is 0 Å². The molecule has 1 aromatic rings. The number of carbonyl (C=O) groups is 1. The fourth-order valence-corrected chi connectivity index (χ4v) is 3.00. The van der Waals surface area contributed by atoms with E-state index in [0.29, 0.717) is 0 Å². The van der Waals surface area contributed by atoms with Gasteiger partial charge in [-0.1, -0.05) is 42.5 Å². The molecule has 0 radical (unpaired) electrons. The second kappa shape index (κ2) is 3.29. The lowest BCUT2D eigenvalue weighted by molar-refractivity contribution is -0.166. The van der Waals surface area contributed by atoms with Crippen molar-refractivity contribution in [1.82, 2.24) is 0 Å². The van der Waals surface area contributed by atoms with Gasteiger partial charge >= 0.3 is 0 Å². The summed E-state index contributed by atoms with van der Waals surface area (Å²) in [6.45, 7) is 0. The maximum Gasteiger partial charge on any atom is 0.173 e. The molecule has 0 aliphatic heterocycles. The zero-order valence-electron chi connectivity index (χ0n) is 9.22. The second-order valence-corrected chi connectivity index (χ2v) is 4.50. The second-order valence-electron chi connectivity index (χ2n) is 4.50. The van der Waals surface area contributed by atoms with Crippen LogP contribution in [0.1, 0.15) is 17.9 Å². The third-order valence-corrected chi connectivity index (χ3v) is 3.88. The molecule has 82 valence electrons. The molecule has 2 aliphatic carbocycles. The molecule has 1 fully saturated rings. The number of ketones is 1. The maximum atomic E-state index is 12.2. The number of methoxy groups -OCH3 is 1. The smallest absolute Gasteiger partial charge is 0.173 e. The third-order valence-electron chi connectivity index (χ3n) is 3.88. The van der Waals surface area contributed by atoms with E-state index in [1.165, 1.54) is 0 Å². The fraction of sp³-hybridized carbons (Fsp3) is 0.357. The Hall–Kier alpha value is -1.41. The van der Waals surface area contributed by atoms with Crippen molar-refractivity contribution in [2.75, 3.05) is 7.11 Å². The summed E-state index contributed by atoms with van der Waals surface area (Å²) in [6.07, 6.45) is 4.92. The molecule has 0 heterocycles. The molecule has 0 spiro atoms. The highest BCUT2D eigenvalue weighted by Gasteiger charge is 2.63. The first-order valence-corrected chi connectivity index (χ1v) is 5.61. The van der Waals surface area contributed by atoms with Gasteiger partial charge in [0.1, 0.15) is 5.60 Å². The molecule has 0 amide bonds. The first kappa shape index (κ1) is 9.79. The first-order chi connectivity index (χ1) is 7.79. The zero-order valence-corrected chi connectivity index (χ0v) is 9.22. The van der Waals surface area contributed by atoms with Gasteiger partial charge in [0.15, 0.2) is 5.78 Å². The van der Waals surface area contributed by atoms with Gasteiger partial charge in [-0.05, 0) is 5.56 Å². The Morgan fingerprint density at radius 2 is 2.06 bits per heavy atom. The van der Waals surface area contributed by atoms with Crippen LogP contribution in [0, 0.1) is 5.92 Å². The summed E-state index contributed by atoms with van der Waals surface area (Å²) in [5.41, 5.74) is 0.567. The predicted octanol–water partition coefficient (Wildman–Crippen LogP) is 2.31. The maximum absolute atomic E-state index is 12.2. The van der Waals surface area contributed by atoms with E-state index in [0.717, 1.165) is 12.0 Å². The molecular weight excluding hydrogens is 200 g/mol. The standard InChI is InChI=1S/C14H14O2/c1-16-14-9-5-8-11(14)12(13(14)15)10-6-3-2-4-7-10/h2-8,11-12H,9H2,1H3. The van der Waals surface area contributed by atoms with Crippen LogP contribution in [0.15, 0.2) is 42.5 Å². The highest BCUT2D eigenvalue weighted by Crippen LogP contribution is 2.54. The van der Waals surface area contributed by atoms with E-state index >= 15 is 0 Å². The average Bonchev–Trinajstić information content (AvgIpc) is 2.70. The van der Waals surface area contributed by atoms with Gasteiger partial charge in [-0.3, -0.25) is 4.79 Å². The van der Waals surface area contributed by atoms with Gasteiger partial charge in [-0.25, -0.2) is 0 Å². The number of Topliss-reactive ketones (excluding diaryl/α,β-unsaturated/α-hetero) is 1. The van der Waals surface area contributed by atoms with E-state index in [4.69, 9.17) is 4.74 Å². The average molecular weight is 214 g/mol. The van der Waals surface area contributed by atoms with Gasteiger partial charge in [0.05, 0.1) is 5.92 Å². The van der Waals surface area contributed by atoms with Crippen LogP contribution >= 0.6 is 0 Å². The summed E-state index contributed by atoms with van der Waals surface area (Å²) in [6, 6.07) is 9.98. The van der Waals surface area contributed by atoms with Gasteiger partial charge in [-0.15, -0.1) is 0 Å². The highest BCUT2D eigenvalue weighted by atomic mass is 16.5. The summed E-state index contributed by atoms with van der Waals surface area (Å²) in [5, 5.41) is 0. The van der Waals surface area contributed by atoms with Gasteiger partial charge in [0.25, 0.3) is 0 Å². The van der Waals surface area contributed by atoms with Crippen LogP contribution < -0.4 is 0 Å². The van der Waals surface area contributed by atoms with Crippen LogP contribution in [0.4, 0.5) is 0 Å². The largest absolute Gasteiger partial charge is 0.369 e. The Morgan fingerprint density at radius 3 is 2.75 bits per heavy atom. The van der Waals surface area contributed by atoms with Crippen LogP contribution in [0.3, 0.4) is 0 Å². The molecule has 0 N–H and O–H groups in total. The summed E-state index contributed by atoms with van der Waals surface area (Å²) in [5.74, 6) is 0.462. The number of ether oxygens (including phenoxy) is 1. The Kier molecular flexibility index (Phi) is 2.01. The molecule has 2 heteroatoms. The minimum Gasteiger partial charge on any atom is -0.369 e. The number of rotatable bonds is 2. The van der Waals surface area contributed by atoms with Gasteiger partial charge in [0, 0.05) is 19.4 Å². The highest BCUT2D eigenvalue weighted by molar-refractivity contribution is 6.02. The van der Waals surface area contributed by atoms with E-state index in [9.17, 15) is 4.79 Å². The van der Waals surface area contributed by atoms with E-state index in [-0.39, 0.29) is 17.6 Å². The van der Waals surface area contributed by atoms with Gasteiger partial charge in [0.2, 0.25) is 0 Å². The predicted molar refractivity (Wildman–Crippen MR) is 61.2 cm³/mol. The van der Waals surface area contributed by atoms with Crippen molar-refractivity contribution in [2.45, 2.75) is 17.9 Å². The SMILES string of the molecule is COC12CC=CC1C(c1ccccc1)C2=O. The van der Waals surface area contributed by atoms with Crippen LogP contribution in [-0.4, -0.2) is 18.5 Å². The first-order valence-electron chi connectivity index (χ1n) is 5.61. The van der Waals surface area contributed by atoms with E-state index in [1.54, 1.807) is 7.11 Å². The molecular formula is C14H14O2. The topological polar surface area (TPSA) is 26.3 Å². The quantitative estimate of drug-likeness (QED) is 0.706. The van der Waals surface area contributed by atoms with E-state index < -0.39 is 5.60 Å². The number of fused-ring (bicyclic) bond motifs is 1. The normalized spacial score (nSPS) is 35.9. The number of hydrogen-bond acceptors (Lipinski definition) is 2. The molecule has 2 aliphatic rings. The van der Waals surface area contributed by atoms with Crippen LogP contribution in [0.2, 0.25) is 0 Å². The number of hydrogen-bond donors (Lipinski definition) is 0. The van der Waals surface area contributed by atoms with E-state index in [2.05, 4.69) is 12.2 Å². The van der Waals surface area contributed by atoms with E-state index in [1.807, 2.05) is 30.3 Å². The van der Waals surface area contributed by atoms with Crippen molar-refractivity contribution in [1.29, 1.82) is 0 Å². The molecule has 3 rings (SSSR count). The van der Waals surface area contributed by atoms with Crippen molar-refractivity contribution < 1.29 is 9.53 Å². The molecule has 1 saturated carbocycles. The minimum absolute atomic E-state index is 0.0000926. The fourth-order valence-electron chi connectivity index (χ4n) is 3.00. The number of carbonyl (C=O) groups excluding carboxylic acids is 1. The molecule has 0 aromatic heterocycles. The van der Waals surface area contributed by atoms with Crippen molar-refractivity contribution in [2.24, 2.45) is 5.92 Å². The lowest BCUT2D eigenvalue weighted by Gasteiger charge is -2.48. The number of benzene rings is 1. The molecule has 3 atom stereocenters. The molecule has 16 heavy (non-hydrogen) atoms. The van der Waals surface area contributed by atoms with Crippen molar-refractivity contribution >= 4 is 5.78 Å². The Balaban J connectivity index is 1.96. The lowest BCUT2D eigenvalue weighted by atomic mass is 9.59. The summed E-state index contributed by atoms with van der Waals surface area (Å²) < 4.78 is 5.45. The molecule has 0 bridgehead atoms. The monoisotopic (exact) mass is 214 g/mol. The van der Waals surface area contributed by atoms with Gasteiger partial charge < -0.3 is 4.74 Å². The summed E-state index contributed by atoms with van der Waals surface area (Å²) >= 11 is 0. The summed E-state index contributed by atoms with van der Waals surface area (Å²) in [4.78, 5) is 12.2. The molecule has 2 nitrogen and oxygen atoms in total. The summed E-state index contributed by atoms with van der Waals surface area (Å²) in [7, 11) is 1.64. The Labute approximate surface area is 94.9 Å². The lowest BCUT2D eigenvalue weighted by Crippen LogP contribution is -2.60. The van der Waals surface area contributed by atoms with Crippen molar-refractivity contribution in [3.05, 3.63) is 48.0 Å². The van der Waals surface area contributed by atoms with Crippen molar-refractivity contribution in [3.8, 4) is 0 Å². The molecule has 3 unspecified atom stereocenters. The van der Waals surface area contributed by atoms with Crippen molar-refractivity contribution in [3.63, 3.8) is 0 Å². The third kappa shape index (κ3) is 1.03. The molecule has 1 aromatic carbocycles. The Bertz CT molecular complexity index is 449. The van der Waals surface area contributed by atoms with Crippen LogP contribution in [0.25, 0.3) is 0 Å². The Morgan fingerprint density at radius 1 is 1.31 bits per heavy atom.